The average molecular weight is 594 g/mol. The lowest BCUT2D eigenvalue weighted by Crippen LogP contribution is -2.48. The molecule has 0 spiro atoms. The van der Waals surface area contributed by atoms with Gasteiger partial charge in [-0.3, -0.25) is 9.58 Å². The number of hydrogen-bond donors (Lipinski definition) is 3. The van der Waals surface area contributed by atoms with Gasteiger partial charge >= 0.3 is 6.03 Å². The quantitative estimate of drug-likeness (QED) is 0.188. The number of rotatable bonds is 12. The van der Waals surface area contributed by atoms with Gasteiger partial charge in [-0.2, -0.15) is 15.3 Å². The molecule has 2 heterocycles. The number of aromatic nitrogens is 4. The maximum atomic E-state index is 13.7. The SMILES string of the molecule is COCCCNc1nc(N[C@H]2CC[C@H](N(C(=O)NCc3ccccc3)c3ccc(-c4cnn(C)c4)cc3)CC2)ncc1C#N. The van der Waals surface area contributed by atoms with Gasteiger partial charge in [0.25, 0.3) is 0 Å². The summed E-state index contributed by atoms with van der Waals surface area (Å²) in [6.07, 6.45) is 9.50. The van der Waals surface area contributed by atoms with Crippen LogP contribution in [0, 0.1) is 11.3 Å². The Morgan fingerprint density at radius 3 is 2.52 bits per heavy atom. The number of benzene rings is 2. The summed E-state index contributed by atoms with van der Waals surface area (Å²) in [7, 11) is 3.56. The number of urea groups is 1. The molecule has 0 saturated heterocycles. The van der Waals surface area contributed by atoms with E-state index in [1.54, 1.807) is 18.0 Å². The molecule has 228 valence electrons. The second-order valence-corrected chi connectivity index (χ2v) is 11.0. The molecule has 0 radical (unpaired) electrons. The van der Waals surface area contributed by atoms with Crippen LogP contribution < -0.4 is 20.9 Å². The first-order chi connectivity index (χ1) is 21.5. The van der Waals surface area contributed by atoms with Crippen LogP contribution in [0.3, 0.4) is 0 Å². The first kappa shape index (κ1) is 30.5. The second kappa shape index (κ2) is 15.0. The number of anilines is 3. The Balaban J connectivity index is 1.26. The minimum atomic E-state index is -0.112. The highest BCUT2D eigenvalue weighted by Gasteiger charge is 2.30. The molecule has 5 rings (SSSR count). The number of methoxy groups -OCH3 is 1. The minimum Gasteiger partial charge on any atom is -0.385 e. The molecule has 1 aliphatic rings. The number of nitrogens with zero attached hydrogens (tertiary/aromatic N) is 6. The van der Waals surface area contributed by atoms with Crippen molar-refractivity contribution in [1.29, 1.82) is 5.26 Å². The van der Waals surface area contributed by atoms with E-state index in [-0.39, 0.29) is 18.1 Å². The van der Waals surface area contributed by atoms with Crippen molar-refractivity contribution < 1.29 is 9.53 Å². The van der Waals surface area contributed by atoms with Crippen LogP contribution >= 0.6 is 0 Å². The molecule has 0 aliphatic heterocycles. The van der Waals surface area contributed by atoms with Crippen molar-refractivity contribution in [3.63, 3.8) is 0 Å². The third kappa shape index (κ3) is 7.90. The molecule has 0 bridgehead atoms. The van der Waals surface area contributed by atoms with Crippen molar-refractivity contribution in [3.8, 4) is 17.2 Å². The smallest absolute Gasteiger partial charge is 0.322 e. The molecule has 11 nitrogen and oxygen atoms in total. The van der Waals surface area contributed by atoms with E-state index in [1.165, 1.54) is 0 Å². The van der Waals surface area contributed by atoms with Gasteiger partial charge in [0.15, 0.2) is 0 Å². The van der Waals surface area contributed by atoms with Gasteiger partial charge in [0.2, 0.25) is 5.95 Å². The Bertz CT molecular complexity index is 1540. The number of carbonyl (C=O) groups is 1. The van der Waals surface area contributed by atoms with Gasteiger partial charge in [-0.25, -0.2) is 9.78 Å². The highest BCUT2D eigenvalue weighted by atomic mass is 16.5. The number of nitrogens with one attached hydrogen (secondary N) is 3. The fourth-order valence-electron chi connectivity index (χ4n) is 5.49. The molecule has 3 N–H and O–H groups in total. The molecule has 1 aliphatic carbocycles. The van der Waals surface area contributed by atoms with Gasteiger partial charge in [0, 0.05) is 63.4 Å². The molecule has 11 heteroatoms. The topological polar surface area (TPSA) is 133 Å². The van der Waals surface area contributed by atoms with Crippen LogP contribution in [0.15, 0.2) is 73.2 Å². The Morgan fingerprint density at radius 2 is 1.84 bits per heavy atom. The third-order valence-corrected chi connectivity index (χ3v) is 7.81. The lowest BCUT2D eigenvalue weighted by atomic mass is 9.90. The number of nitriles is 1. The molecule has 2 amide bonds. The zero-order chi connectivity index (χ0) is 30.7. The van der Waals surface area contributed by atoms with E-state index < -0.39 is 0 Å². The Kier molecular flexibility index (Phi) is 10.4. The van der Waals surface area contributed by atoms with Crippen molar-refractivity contribution in [2.24, 2.45) is 7.05 Å². The van der Waals surface area contributed by atoms with Crippen LogP contribution in [-0.4, -0.2) is 58.1 Å². The predicted octanol–water partition coefficient (Wildman–Crippen LogP) is 5.34. The fourth-order valence-corrected chi connectivity index (χ4v) is 5.49. The number of amides is 2. The summed E-state index contributed by atoms with van der Waals surface area (Å²) in [5.41, 5.74) is 4.40. The van der Waals surface area contributed by atoms with Crippen LogP contribution in [0.2, 0.25) is 0 Å². The van der Waals surface area contributed by atoms with Gasteiger partial charge in [-0.15, -0.1) is 0 Å². The lowest BCUT2D eigenvalue weighted by molar-refractivity contribution is 0.197. The third-order valence-electron chi connectivity index (χ3n) is 7.81. The van der Waals surface area contributed by atoms with Crippen molar-refractivity contribution in [3.05, 3.63) is 84.3 Å². The largest absolute Gasteiger partial charge is 0.385 e. The van der Waals surface area contributed by atoms with E-state index in [9.17, 15) is 10.1 Å². The van der Waals surface area contributed by atoms with Crippen LogP contribution in [0.25, 0.3) is 11.1 Å². The molecule has 0 unspecified atom stereocenters. The summed E-state index contributed by atoms with van der Waals surface area (Å²) in [5.74, 6) is 1.01. The van der Waals surface area contributed by atoms with Gasteiger partial charge < -0.3 is 20.7 Å². The molecular formula is C33H39N9O2. The Morgan fingerprint density at radius 1 is 1.07 bits per heavy atom. The highest BCUT2D eigenvalue weighted by molar-refractivity contribution is 5.93. The molecular weight excluding hydrogens is 554 g/mol. The van der Waals surface area contributed by atoms with Crippen molar-refractivity contribution in [2.45, 2.75) is 50.7 Å². The maximum absolute atomic E-state index is 13.7. The van der Waals surface area contributed by atoms with Crippen molar-refractivity contribution in [1.82, 2.24) is 25.1 Å². The van der Waals surface area contributed by atoms with Gasteiger partial charge in [0.05, 0.1) is 12.4 Å². The monoisotopic (exact) mass is 593 g/mol. The van der Waals surface area contributed by atoms with Crippen molar-refractivity contribution in [2.75, 3.05) is 35.8 Å². The standard InChI is InChI=1S/C33H39N9O2/c1-41-23-27(22-38-41)25-9-13-29(14-10-25)42(33(43)37-20-24-7-4-3-5-8-24)30-15-11-28(12-16-30)39-32-36-21-26(19-34)31(40-32)35-17-6-18-44-2/h3-5,7-10,13-14,21-23,28,30H,6,11-12,15-18,20H2,1-2H3,(H,37,43)(H2,35,36,39,40)/t28-,30-. The molecule has 44 heavy (non-hydrogen) atoms. The van der Waals surface area contributed by atoms with Crippen LogP contribution in [-0.2, 0) is 18.3 Å². The first-order valence-corrected chi connectivity index (χ1v) is 15.0. The van der Waals surface area contributed by atoms with Crippen LogP contribution in [0.4, 0.5) is 22.2 Å². The van der Waals surface area contributed by atoms with E-state index in [0.717, 1.165) is 54.5 Å². The summed E-state index contributed by atoms with van der Waals surface area (Å²) in [4.78, 5) is 24.6. The predicted molar refractivity (Wildman–Crippen MR) is 171 cm³/mol. The number of hydrogen-bond acceptors (Lipinski definition) is 8. The summed E-state index contributed by atoms with van der Waals surface area (Å²) >= 11 is 0. The summed E-state index contributed by atoms with van der Waals surface area (Å²) in [5, 5.41) is 23.6. The first-order valence-electron chi connectivity index (χ1n) is 15.0. The Labute approximate surface area is 258 Å². The van der Waals surface area contributed by atoms with E-state index in [1.807, 2.05) is 78.9 Å². The fraction of sp³-hybridized carbons (Fsp3) is 0.364. The molecule has 1 saturated carbocycles. The number of aryl methyl sites for hydroxylation is 1. The van der Waals surface area contributed by atoms with Crippen LogP contribution in [0.1, 0.15) is 43.2 Å². The summed E-state index contributed by atoms with van der Waals surface area (Å²) < 4.78 is 6.89. The van der Waals surface area contributed by atoms with Gasteiger partial charge in [-0.1, -0.05) is 42.5 Å². The molecule has 2 aromatic heterocycles. The van der Waals surface area contributed by atoms with Crippen molar-refractivity contribution >= 4 is 23.5 Å². The van der Waals surface area contributed by atoms with E-state index in [4.69, 9.17) is 4.74 Å². The average Bonchev–Trinajstić information content (AvgIpc) is 3.50. The normalized spacial score (nSPS) is 16.1. The second-order valence-electron chi connectivity index (χ2n) is 11.0. The highest BCUT2D eigenvalue weighted by Crippen LogP contribution is 2.31. The number of carbonyl (C=O) groups excluding carboxylic acids is 1. The minimum absolute atomic E-state index is 0.0351. The number of ether oxygens (including phenoxy) is 1. The summed E-state index contributed by atoms with van der Waals surface area (Å²) in [6, 6.07) is 20.3. The van der Waals surface area contributed by atoms with E-state index in [2.05, 4.69) is 37.1 Å². The Hall–Kier alpha value is -4.95. The molecule has 1 fully saturated rings. The molecule has 0 atom stereocenters. The van der Waals surface area contributed by atoms with Crippen LogP contribution in [0.5, 0.6) is 0 Å². The van der Waals surface area contributed by atoms with Gasteiger partial charge in [-0.05, 0) is 55.4 Å². The molecule has 2 aromatic carbocycles. The maximum Gasteiger partial charge on any atom is 0.322 e. The van der Waals surface area contributed by atoms with Gasteiger partial charge in [0.1, 0.15) is 17.5 Å². The molecule has 4 aromatic rings. The zero-order valence-corrected chi connectivity index (χ0v) is 25.2. The van der Waals surface area contributed by atoms with E-state index >= 15 is 0 Å². The zero-order valence-electron chi connectivity index (χ0n) is 25.2. The van der Waals surface area contributed by atoms with E-state index in [0.29, 0.717) is 37.0 Å². The lowest BCUT2D eigenvalue weighted by Gasteiger charge is -2.37. The summed E-state index contributed by atoms with van der Waals surface area (Å²) in [6.45, 7) is 1.73.